The molecule has 4 unspecified atom stereocenters. The van der Waals surface area contributed by atoms with Crippen molar-refractivity contribution in [2.24, 2.45) is 0 Å². The summed E-state index contributed by atoms with van der Waals surface area (Å²) < 4.78 is 51.6. The van der Waals surface area contributed by atoms with Crippen molar-refractivity contribution in [2.75, 3.05) is 12.3 Å². The second-order valence-electron chi connectivity index (χ2n) is 7.29. The van der Waals surface area contributed by atoms with Gasteiger partial charge in [0.15, 0.2) is 6.23 Å². The van der Waals surface area contributed by atoms with Crippen LogP contribution in [0.5, 0.6) is 0 Å². The smallest absolute Gasteiger partial charge is 0.756 e. The average molecular weight is 654 g/mol. The molecule has 0 aliphatic carbocycles. The Balaban J connectivity index is 0.00000253. The first-order valence-electron chi connectivity index (χ1n) is 9.56. The number of aromatic nitrogens is 3. The molecule has 0 spiro atoms. The maximum atomic E-state index is 11.8. The second-order valence-corrected chi connectivity index (χ2v) is 12.4. The number of rotatable bonds is 9. The van der Waals surface area contributed by atoms with Gasteiger partial charge in [-0.3, -0.25) is 13.7 Å². The molecule has 0 radical (unpaired) electrons. The van der Waals surface area contributed by atoms with E-state index >= 15 is 0 Å². The third-order valence-electron chi connectivity index (χ3n) is 4.88. The van der Waals surface area contributed by atoms with E-state index in [1.54, 1.807) is 12.3 Å². The van der Waals surface area contributed by atoms with Gasteiger partial charge in [0.05, 0.1) is 12.0 Å². The quantitative estimate of drug-likeness (QED) is 0.123. The van der Waals surface area contributed by atoms with Crippen molar-refractivity contribution in [3.05, 3.63) is 29.4 Å². The SMILES string of the molecule is Nc1ncnc2c1c(-c1ccsc1)cn2[C@@H]1O[C@H](COP(=O)([O-])OP(=O)([O-])OP(=O)([O-])O)C(O)[C@@H]1O.[Na+].[Na+].[Na+]. The van der Waals surface area contributed by atoms with Crippen molar-refractivity contribution in [1.82, 2.24) is 14.5 Å². The molecule has 1 aliphatic rings. The number of thiophene rings is 1. The van der Waals surface area contributed by atoms with Gasteiger partial charge >= 0.3 is 88.7 Å². The molecule has 4 rings (SSSR count). The van der Waals surface area contributed by atoms with Crippen LogP contribution in [0.2, 0.25) is 0 Å². The van der Waals surface area contributed by atoms with E-state index in [4.69, 9.17) is 15.4 Å². The van der Waals surface area contributed by atoms with Gasteiger partial charge in [0.25, 0.3) is 23.5 Å². The van der Waals surface area contributed by atoms with Crippen molar-refractivity contribution >= 4 is 51.7 Å². The third kappa shape index (κ3) is 9.45. The largest absolute Gasteiger partial charge is 1.00 e. The molecule has 0 bridgehead atoms. The summed E-state index contributed by atoms with van der Waals surface area (Å²) in [5, 5.41) is 25.0. The minimum Gasteiger partial charge on any atom is -0.756 e. The molecule has 7 atom stereocenters. The number of hydrogen-bond acceptors (Lipinski definition) is 16. The molecule has 3 aromatic rings. The predicted molar refractivity (Wildman–Crippen MR) is 114 cm³/mol. The van der Waals surface area contributed by atoms with Gasteiger partial charge in [-0.05, 0) is 22.4 Å². The van der Waals surface area contributed by atoms with Crippen LogP contribution < -0.4 is 109 Å². The Labute approximate surface area is 290 Å². The van der Waals surface area contributed by atoms with Crippen LogP contribution in [-0.2, 0) is 31.6 Å². The van der Waals surface area contributed by atoms with E-state index < -0.39 is 54.6 Å². The van der Waals surface area contributed by atoms with E-state index in [-0.39, 0.29) is 100 Å². The van der Waals surface area contributed by atoms with E-state index in [1.807, 2.05) is 10.8 Å². The number of ether oxygens (including phenoxy) is 1. The molecule has 198 valence electrons. The molecule has 17 nitrogen and oxygen atoms in total. The number of aliphatic hydroxyl groups is 2. The molecule has 3 aromatic heterocycles. The Morgan fingerprint density at radius 3 is 2.33 bits per heavy atom. The normalized spacial score (nSPS) is 25.4. The number of anilines is 1. The minimum absolute atomic E-state index is 0. The first kappa shape index (κ1) is 38.4. The summed E-state index contributed by atoms with van der Waals surface area (Å²) in [6.07, 6.45) is -3.50. The first-order chi connectivity index (χ1) is 16.7. The summed E-state index contributed by atoms with van der Waals surface area (Å²) in [5.41, 5.74) is 7.61. The zero-order valence-electron chi connectivity index (χ0n) is 20.5. The number of hydrogen-bond donors (Lipinski definition) is 4. The number of phosphoric acid groups is 3. The fourth-order valence-electron chi connectivity index (χ4n) is 3.49. The first-order valence-corrected chi connectivity index (χ1v) is 14.9. The topological polar surface area (TPSA) is 275 Å². The fourth-order valence-corrected chi connectivity index (χ4v) is 7.04. The molecule has 0 amide bonds. The van der Waals surface area contributed by atoms with E-state index in [9.17, 15) is 38.6 Å². The molecule has 5 N–H and O–H groups in total. The maximum Gasteiger partial charge on any atom is 1.00 e. The summed E-state index contributed by atoms with van der Waals surface area (Å²) in [5.74, 6) is 0.132. The van der Waals surface area contributed by atoms with Crippen molar-refractivity contribution in [3.8, 4) is 11.1 Å². The third-order valence-corrected chi connectivity index (χ3v) is 9.26. The number of nitrogens with zero attached hydrogens (tertiary/aromatic N) is 3. The molecule has 0 aromatic carbocycles. The van der Waals surface area contributed by atoms with Crippen LogP contribution in [0.1, 0.15) is 6.23 Å². The van der Waals surface area contributed by atoms with E-state index in [0.717, 1.165) is 5.56 Å². The molecule has 1 fully saturated rings. The van der Waals surface area contributed by atoms with Crippen molar-refractivity contribution in [2.45, 2.75) is 24.5 Å². The van der Waals surface area contributed by atoms with Gasteiger partial charge in [-0.25, -0.2) is 18.6 Å². The Morgan fingerprint density at radius 2 is 1.74 bits per heavy atom. The number of nitrogens with two attached hydrogens (primary N) is 1. The molecule has 1 saturated heterocycles. The predicted octanol–water partition coefficient (Wildman–Crippen LogP) is -10.2. The van der Waals surface area contributed by atoms with Crippen LogP contribution in [0.25, 0.3) is 22.2 Å². The monoisotopic (exact) mass is 654 g/mol. The van der Waals surface area contributed by atoms with Gasteiger partial charge in [-0.2, -0.15) is 11.3 Å². The molecular formula is C15H16N4Na3O13P3S. The van der Waals surface area contributed by atoms with Crippen LogP contribution in [0, 0.1) is 0 Å². The van der Waals surface area contributed by atoms with E-state index in [0.29, 0.717) is 10.9 Å². The van der Waals surface area contributed by atoms with Gasteiger partial charge in [-0.15, -0.1) is 0 Å². The van der Waals surface area contributed by atoms with Crippen molar-refractivity contribution in [1.29, 1.82) is 0 Å². The second kappa shape index (κ2) is 14.9. The number of aliphatic hydroxyl groups excluding tert-OH is 2. The zero-order chi connectivity index (χ0) is 26.5. The summed E-state index contributed by atoms with van der Waals surface area (Å²) in [4.78, 5) is 50.2. The molecular weight excluding hydrogens is 638 g/mol. The van der Waals surface area contributed by atoms with Crippen LogP contribution in [0.3, 0.4) is 0 Å². The maximum absolute atomic E-state index is 11.8. The summed E-state index contributed by atoms with van der Waals surface area (Å²) in [7, 11) is -17.8. The summed E-state index contributed by atoms with van der Waals surface area (Å²) in [6, 6.07) is 1.81. The van der Waals surface area contributed by atoms with Crippen LogP contribution in [0.15, 0.2) is 29.4 Å². The van der Waals surface area contributed by atoms with Gasteiger partial charge in [0.2, 0.25) is 0 Å². The molecule has 4 heterocycles. The standard InChI is InChI=1S/C15H19N4O13P3S.3Na/c16-13-10-8(7-1-2-36-5-7)3-19(14(10)18-6-17-13)15-12(21)11(20)9(30-15)4-29-34(25,26)32-35(27,28)31-33(22,23)24;;;/h1-3,5-6,9,11-12,15,20-21H,4H2,(H,25,26)(H,27,28)(H2,16,17,18)(H2,22,23,24);;;/q;3*+1/p-3/t9-,11?,12+,15-;;;/m1.../s1. The van der Waals surface area contributed by atoms with Gasteiger partial charge in [-0.1, -0.05) is 0 Å². The van der Waals surface area contributed by atoms with Gasteiger partial charge in [0.1, 0.15) is 36.1 Å². The number of phosphoric ester groups is 1. The number of nitrogen functional groups attached to an aromatic ring is 1. The van der Waals surface area contributed by atoms with Crippen LogP contribution in [0.4, 0.5) is 5.82 Å². The Morgan fingerprint density at radius 1 is 1.08 bits per heavy atom. The van der Waals surface area contributed by atoms with E-state index in [2.05, 4.69) is 23.1 Å². The van der Waals surface area contributed by atoms with Crippen molar-refractivity contribution < 1.29 is 150 Å². The summed E-state index contributed by atoms with van der Waals surface area (Å²) >= 11 is 1.41. The Hall–Kier alpha value is 1.41. The Bertz CT molecular complexity index is 1410. The molecule has 1 aliphatic heterocycles. The average Bonchev–Trinajstić information content (AvgIpc) is 3.44. The van der Waals surface area contributed by atoms with Crippen molar-refractivity contribution in [3.63, 3.8) is 0 Å². The van der Waals surface area contributed by atoms with Crippen LogP contribution in [-0.4, -0.2) is 54.6 Å². The molecule has 39 heavy (non-hydrogen) atoms. The number of fused-ring (bicyclic) bond motifs is 1. The van der Waals surface area contributed by atoms with Gasteiger partial charge < -0.3 is 49.3 Å². The Kier molecular flexibility index (Phi) is 14.7. The zero-order valence-corrected chi connectivity index (χ0v) is 30.0. The molecule has 24 heteroatoms. The fraction of sp³-hybridized carbons (Fsp3) is 0.333. The van der Waals surface area contributed by atoms with Crippen LogP contribution >= 0.6 is 34.8 Å². The van der Waals surface area contributed by atoms with Gasteiger partial charge in [0, 0.05) is 11.8 Å². The summed E-state index contributed by atoms with van der Waals surface area (Å²) in [6.45, 7) is -1.06. The van der Waals surface area contributed by atoms with E-state index in [1.165, 1.54) is 22.2 Å². The molecule has 0 saturated carbocycles. The minimum atomic E-state index is -6.10.